The van der Waals surface area contributed by atoms with Gasteiger partial charge >= 0.3 is 6.09 Å². The number of halogens is 1. The highest BCUT2D eigenvalue weighted by Crippen LogP contribution is 2.76. The summed E-state index contributed by atoms with van der Waals surface area (Å²) in [5.41, 5.74) is 1.82. The van der Waals surface area contributed by atoms with Crippen molar-refractivity contribution >= 4 is 27.7 Å². The predicted molar refractivity (Wildman–Crippen MR) is 108 cm³/mol. The first kappa shape index (κ1) is 18.3. The van der Waals surface area contributed by atoms with Crippen LogP contribution in [-0.4, -0.2) is 12.7 Å². The molecule has 26 heavy (non-hydrogen) atoms. The Morgan fingerprint density at radius 3 is 2.65 bits per heavy atom. The van der Waals surface area contributed by atoms with E-state index in [-0.39, 0.29) is 6.09 Å². The molecular formula is C22H30BrNO2. The molecule has 4 heteroatoms. The van der Waals surface area contributed by atoms with Gasteiger partial charge in [-0.1, -0.05) is 43.1 Å². The number of benzene rings is 1. The van der Waals surface area contributed by atoms with Gasteiger partial charge in [0, 0.05) is 16.1 Å². The van der Waals surface area contributed by atoms with Crippen molar-refractivity contribution in [3.05, 3.63) is 28.7 Å². The first-order chi connectivity index (χ1) is 12.3. The Balaban J connectivity index is 1.47. The third-order valence-corrected chi connectivity index (χ3v) is 8.63. The van der Waals surface area contributed by atoms with E-state index in [9.17, 15) is 4.79 Å². The normalized spacial score (nSPS) is 37.2. The average Bonchev–Trinajstić information content (AvgIpc) is 3.00. The van der Waals surface area contributed by atoms with Gasteiger partial charge in [0.1, 0.15) is 0 Å². The van der Waals surface area contributed by atoms with Crippen molar-refractivity contribution in [3.63, 3.8) is 0 Å². The summed E-state index contributed by atoms with van der Waals surface area (Å²) in [5, 5.41) is 2.86. The summed E-state index contributed by atoms with van der Waals surface area (Å²) in [6.07, 6.45) is 7.61. The number of carbonyl (C=O) groups is 1. The molecule has 3 nitrogen and oxygen atoms in total. The van der Waals surface area contributed by atoms with Crippen LogP contribution in [0, 0.1) is 28.1 Å². The average molecular weight is 420 g/mol. The van der Waals surface area contributed by atoms with Gasteiger partial charge in [0.2, 0.25) is 0 Å². The number of nitrogens with one attached hydrogen (secondary N) is 1. The highest BCUT2D eigenvalue weighted by Gasteiger charge is 2.70. The van der Waals surface area contributed by atoms with Crippen molar-refractivity contribution in [2.45, 2.75) is 59.3 Å². The van der Waals surface area contributed by atoms with Crippen LogP contribution in [0.15, 0.2) is 28.7 Å². The molecule has 1 N–H and O–H groups in total. The predicted octanol–water partition coefficient (Wildman–Crippen LogP) is 6.63. The first-order valence-corrected chi connectivity index (χ1v) is 10.8. The standard InChI is InChI=1S/C22H30BrNO2/c1-20(2)10-4-5-15-13-21(3)11-12-22(15,20)18(21)14-26-19(25)24-17-8-6-16(23)7-9-17/h6-9,15,18H,4-5,10-14H2,1-3H3,(H,24,25)/t15-,18-,21-,22-/m0/s1. The number of carbonyl (C=O) groups excluding carboxylic acids is 1. The van der Waals surface area contributed by atoms with Crippen LogP contribution in [0.5, 0.6) is 0 Å². The molecule has 142 valence electrons. The van der Waals surface area contributed by atoms with Gasteiger partial charge in [-0.15, -0.1) is 0 Å². The number of hydrogen-bond acceptors (Lipinski definition) is 2. The fourth-order valence-electron chi connectivity index (χ4n) is 6.88. The number of hydrogen-bond donors (Lipinski definition) is 1. The summed E-state index contributed by atoms with van der Waals surface area (Å²) in [5.74, 6) is 1.30. The zero-order valence-corrected chi connectivity index (χ0v) is 17.7. The number of ether oxygens (including phenoxy) is 1. The van der Waals surface area contributed by atoms with Gasteiger partial charge in [-0.05, 0) is 78.5 Å². The van der Waals surface area contributed by atoms with Gasteiger partial charge in [-0.25, -0.2) is 4.79 Å². The van der Waals surface area contributed by atoms with Gasteiger partial charge in [-0.2, -0.15) is 0 Å². The second kappa shape index (κ2) is 6.25. The third kappa shape index (κ3) is 2.71. The maximum atomic E-state index is 12.4. The van der Waals surface area contributed by atoms with Crippen molar-refractivity contribution in [1.29, 1.82) is 0 Å². The second-order valence-corrected chi connectivity index (χ2v) is 10.6. The van der Waals surface area contributed by atoms with E-state index in [4.69, 9.17) is 4.74 Å². The molecule has 2 bridgehead atoms. The monoisotopic (exact) mass is 419 g/mol. The lowest BCUT2D eigenvalue weighted by molar-refractivity contribution is -0.0647. The molecule has 0 saturated heterocycles. The van der Waals surface area contributed by atoms with E-state index in [0.29, 0.717) is 28.8 Å². The quantitative estimate of drug-likeness (QED) is 0.596. The summed E-state index contributed by atoms with van der Waals surface area (Å²) in [6.45, 7) is 7.92. The van der Waals surface area contributed by atoms with Crippen LogP contribution >= 0.6 is 15.9 Å². The van der Waals surface area contributed by atoms with E-state index in [1.807, 2.05) is 24.3 Å². The molecule has 0 unspecified atom stereocenters. The fraction of sp³-hybridized carbons (Fsp3) is 0.682. The fourth-order valence-corrected chi connectivity index (χ4v) is 7.15. The van der Waals surface area contributed by atoms with E-state index >= 15 is 0 Å². The molecule has 0 aromatic heterocycles. The highest BCUT2D eigenvalue weighted by molar-refractivity contribution is 9.10. The summed E-state index contributed by atoms with van der Waals surface area (Å²) in [7, 11) is 0. The first-order valence-electron chi connectivity index (χ1n) is 9.96. The topological polar surface area (TPSA) is 38.3 Å². The molecule has 1 aromatic rings. The summed E-state index contributed by atoms with van der Waals surface area (Å²) in [4.78, 5) is 12.4. The lowest BCUT2D eigenvalue weighted by atomic mass is 9.51. The Morgan fingerprint density at radius 2 is 1.92 bits per heavy atom. The van der Waals surface area contributed by atoms with Crippen LogP contribution in [0.3, 0.4) is 0 Å². The van der Waals surface area contributed by atoms with Crippen LogP contribution in [-0.2, 0) is 4.74 Å². The minimum atomic E-state index is -0.330. The zero-order chi connectivity index (χ0) is 18.6. The van der Waals surface area contributed by atoms with E-state index in [1.54, 1.807) is 0 Å². The lowest BCUT2D eigenvalue weighted by Gasteiger charge is -2.54. The minimum absolute atomic E-state index is 0.330. The molecule has 0 heterocycles. The van der Waals surface area contributed by atoms with E-state index in [1.165, 1.54) is 38.5 Å². The van der Waals surface area contributed by atoms with Gasteiger partial charge in [-0.3, -0.25) is 5.32 Å². The maximum absolute atomic E-state index is 12.4. The molecule has 1 amide bonds. The van der Waals surface area contributed by atoms with Crippen molar-refractivity contribution in [2.75, 3.05) is 11.9 Å². The van der Waals surface area contributed by atoms with Crippen molar-refractivity contribution in [2.24, 2.45) is 28.1 Å². The Morgan fingerprint density at radius 1 is 1.19 bits per heavy atom. The summed E-state index contributed by atoms with van der Waals surface area (Å²) >= 11 is 3.41. The van der Waals surface area contributed by atoms with Gasteiger partial charge in [0.25, 0.3) is 0 Å². The molecule has 4 atom stereocenters. The Labute approximate surface area is 165 Å². The van der Waals surface area contributed by atoms with E-state index in [0.717, 1.165) is 16.1 Å². The zero-order valence-electron chi connectivity index (χ0n) is 16.1. The molecular weight excluding hydrogens is 390 g/mol. The molecule has 0 aliphatic heterocycles. The molecule has 3 fully saturated rings. The lowest BCUT2D eigenvalue weighted by Crippen LogP contribution is -2.48. The van der Waals surface area contributed by atoms with E-state index in [2.05, 4.69) is 42.0 Å². The number of amides is 1. The summed E-state index contributed by atoms with van der Waals surface area (Å²) < 4.78 is 6.78. The van der Waals surface area contributed by atoms with Crippen LogP contribution in [0.1, 0.15) is 59.3 Å². The molecule has 3 aliphatic carbocycles. The van der Waals surface area contributed by atoms with Gasteiger partial charge in [0.15, 0.2) is 0 Å². The Bertz CT molecular complexity index is 701. The van der Waals surface area contributed by atoms with Crippen LogP contribution < -0.4 is 5.32 Å². The SMILES string of the molecule is CC1(C)CCC[C@H]2C[C@]3(C)CC[C@@]21[C@H]3COC(=O)Nc1ccc(Br)cc1. The van der Waals surface area contributed by atoms with Crippen molar-refractivity contribution in [3.8, 4) is 0 Å². The number of anilines is 1. The Kier molecular flexibility index (Phi) is 4.41. The smallest absolute Gasteiger partial charge is 0.411 e. The maximum Gasteiger partial charge on any atom is 0.411 e. The van der Waals surface area contributed by atoms with E-state index < -0.39 is 0 Å². The minimum Gasteiger partial charge on any atom is -0.449 e. The Hall–Kier alpha value is -1.03. The van der Waals surface area contributed by atoms with Crippen molar-refractivity contribution < 1.29 is 9.53 Å². The van der Waals surface area contributed by atoms with Gasteiger partial charge < -0.3 is 4.74 Å². The van der Waals surface area contributed by atoms with Crippen LogP contribution in [0.25, 0.3) is 0 Å². The number of rotatable bonds is 3. The van der Waals surface area contributed by atoms with Crippen LogP contribution in [0.4, 0.5) is 10.5 Å². The third-order valence-electron chi connectivity index (χ3n) is 8.10. The second-order valence-electron chi connectivity index (χ2n) is 9.65. The molecule has 3 aliphatic rings. The summed E-state index contributed by atoms with van der Waals surface area (Å²) in [6, 6.07) is 7.60. The molecule has 1 spiro atoms. The molecule has 4 rings (SSSR count). The molecule has 1 aromatic carbocycles. The molecule has 3 saturated carbocycles. The highest BCUT2D eigenvalue weighted by atomic mass is 79.9. The van der Waals surface area contributed by atoms with Crippen LogP contribution in [0.2, 0.25) is 0 Å². The number of fused-ring (bicyclic) bond motifs is 1. The molecule has 0 radical (unpaired) electrons. The largest absolute Gasteiger partial charge is 0.449 e. The van der Waals surface area contributed by atoms with Gasteiger partial charge in [0.05, 0.1) is 6.61 Å². The van der Waals surface area contributed by atoms with Crippen molar-refractivity contribution in [1.82, 2.24) is 0 Å².